The maximum absolute atomic E-state index is 11.9. The Morgan fingerprint density at radius 1 is 1.47 bits per heavy atom. The minimum Gasteiger partial charge on any atom is -0.444 e. The van der Waals surface area contributed by atoms with E-state index in [1.54, 1.807) is 6.20 Å². The van der Waals surface area contributed by atoms with Crippen LogP contribution in [0.4, 0.5) is 0 Å². The second-order valence-corrected chi connectivity index (χ2v) is 5.53. The average Bonchev–Trinajstić information content (AvgIpc) is 2.74. The van der Waals surface area contributed by atoms with Gasteiger partial charge >= 0.3 is 0 Å². The first-order valence-corrected chi connectivity index (χ1v) is 6.84. The van der Waals surface area contributed by atoms with Gasteiger partial charge in [0.15, 0.2) is 0 Å². The second kappa shape index (κ2) is 7.28. The van der Waals surface area contributed by atoms with E-state index in [-0.39, 0.29) is 17.9 Å². The number of hydrogen-bond donors (Lipinski definition) is 2. The fourth-order valence-electron chi connectivity index (χ4n) is 2.13. The first-order valence-electron chi connectivity index (χ1n) is 6.84. The summed E-state index contributed by atoms with van der Waals surface area (Å²) >= 11 is 0. The lowest BCUT2D eigenvalue weighted by molar-refractivity contribution is -0.122. The highest BCUT2D eigenvalue weighted by Crippen LogP contribution is 2.16. The number of nitrogens with one attached hydrogen (secondary N) is 1. The molecule has 5 heteroatoms. The SMILES string of the molecule is Cc1cnc(C(C)NC(=O)C[C@@H](CN)CC(C)C)o1. The van der Waals surface area contributed by atoms with Crippen LogP contribution in [0.25, 0.3) is 0 Å². The van der Waals surface area contributed by atoms with Gasteiger partial charge < -0.3 is 15.5 Å². The Balaban J connectivity index is 2.45. The summed E-state index contributed by atoms with van der Waals surface area (Å²) in [5.41, 5.74) is 5.70. The van der Waals surface area contributed by atoms with E-state index in [1.165, 1.54) is 0 Å². The summed E-state index contributed by atoms with van der Waals surface area (Å²) in [5.74, 6) is 2.07. The van der Waals surface area contributed by atoms with E-state index in [1.807, 2.05) is 13.8 Å². The van der Waals surface area contributed by atoms with Crippen molar-refractivity contribution < 1.29 is 9.21 Å². The zero-order valence-corrected chi connectivity index (χ0v) is 12.3. The van der Waals surface area contributed by atoms with Gasteiger partial charge in [-0.05, 0) is 38.6 Å². The predicted octanol–water partition coefficient (Wildman–Crippen LogP) is 2.17. The Morgan fingerprint density at radius 2 is 2.16 bits per heavy atom. The molecule has 0 spiro atoms. The summed E-state index contributed by atoms with van der Waals surface area (Å²) in [6.07, 6.45) is 3.08. The van der Waals surface area contributed by atoms with Crippen LogP contribution in [0.5, 0.6) is 0 Å². The van der Waals surface area contributed by atoms with Crippen molar-refractivity contribution in [2.45, 2.75) is 46.6 Å². The Hall–Kier alpha value is -1.36. The molecule has 1 aromatic heterocycles. The second-order valence-electron chi connectivity index (χ2n) is 5.53. The van der Waals surface area contributed by atoms with E-state index >= 15 is 0 Å². The fourth-order valence-corrected chi connectivity index (χ4v) is 2.13. The Morgan fingerprint density at radius 3 is 2.63 bits per heavy atom. The van der Waals surface area contributed by atoms with Gasteiger partial charge in [-0.2, -0.15) is 0 Å². The van der Waals surface area contributed by atoms with Gasteiger partial charge in [0.05, 0.1) is 6.20 Å². The standard InChI is InChI=1S/C14H25N3O2/c1-9(2)5-12(7-15)6-13(18)17-11(4)14-16-8-10(3)19-14/h8-9,11-12H,5-7,15H2,1-4H3,(H,17,18)/t11?,12-/m0/s1. The van der Waals surface area contributed by atoms with Crippen LogP contribution in [0, 0.1) is 18.8 Å². The Kier molecular flexibility index (Phi) is 6.02. The number of rotatable bonds is 7. The minimum atomic E-state index is -0.210. The van der Waals surface area contributed by atoms with E-state index in [4.69, 9.17) is 10.2 Å². The van der Waals surface area contributed by atoms with E-state index in [2.05, 4.69) is 24.1 Å². The van der Waals surface area contributed by atoms with Crippen LogP contribution in [-0.2, 0) is 4.79 Å². The average molecular weight is 267 g/mol. The van der Waals surface area contributed by atoms with Crippen molar-refractivity contribution in [2.24, 2.45) is 17.6 Å². The van der Waals surface area contributed by atoms with Gasteiger partial charge in [0.1, 0.15) is 11.8 Å². The lowest BCUT2D eigenvalue weighted by atomic mass is 9.94. The summed E-state index contributed by atoms with van der Waals surface area (Å²) < 4.78 is 5.39. The van der Waals surface area contributed by atoms with Crippen molar-refractivity contribution in [3.63, 3.8) is 0 Å². The molecule has 0 aliphatic rings. The molecule has 1 amide bonds. The number of aromatic nitrogens is 1. The van der Waals surface area contributed by atoms with Crippen LogP contribution in [0.3, 0.4) is 0 Å². The summed E-state index contributed by atoms with van der Waals surface area (Å²) in [7, 11) is 0. The van der Waals surface area contributed by atoms with Crippen LogP contribution in [0.15, 0.2) is 10.6 Å². The monoisotopic (exact) mass is 267 g/mol. The number of carbonyl (C=O) groups excluding carboxylic acids is 1. The molecular weight excluding hydrogens is 242 g/mol. The van der Waals surface area contributed by atoms with Gasteiger partial charge in [-0.1, -0.05) is 13.8 Å². The summed E-state index contributed by atoms with van der Waals surface area (Å²) in [4.78, 5) is 16.1. The molecule has 5 nitrogen and oxygen atoms in total. The summed E-state index contributed by atoms with van der Waals surface area (Å²) in [5, 5.41) is 2.90. The molecule has 2 atom stereocenters. The smallest absolute Gasteiger partial charge is 0.220 e. The van der Waals surface area contributed by atoms with E-state index in [0.29, 0.717) is 24.8 Å². The summed E-state index contributed by atoms with van der Waals surface area (Å²) in [6, 6.07) is -0.210. The van der Waals surface area contributed by atoms with Crippen LogP contribution in [0.1, 0.15) is 51.3 Å². The largest absolute Gasteiger partial charge is 0.444 e. The molecule has 0 fully saturated rings. The Labute approximate surface area is 115 Å². The van der Waals surface area contributed by atoms with Gasteiger partial charge in [-0.25, -0.2) is 4.98 Å². The zero-order chi connectivity index (χ0) is 14.4. The number of nitrogens with zero attached hydrogens (tertiary/aromatic N) is 1. The minimum absolute atomic E-state index is 0.000506. The third-order valence-electron chi connectivity index (χ3n) is 3.00. The fraction of sp³-hybridized carbons (Fsp3) is 0.714. The van der Waals surface area contributed by atoms with Crippen molar-refractivity contribution >= 4 is 5.91 Å². The van der Waals surface area contributed by atoms with Crippen molar-refractivity contribution in [2.75, 3.05) is 6.54 Å². The molecule has 1 unspecified atom stereocenters. The molecule has 0 saturated heterocycles. The maximum Gasteiger partial charge on any atom is 0.220 e. The van der Waals surface area contributed by atoms with Crippen LogP contribution >= 0.6 is 0 Å². The predicted molar refractivity (Wildman–Crippen MR) is 74.4 cm³/mol. The molecular formula is C14H25N3O2. The molecule has 3 N–H and O–H groups in total. The molecule has 0 aliphatic carbocycles. The molecule has 0 radical (unpaired) electrons. The highest BCUT2D eigenvalue weighted by Gasteiger charge is 2.18. The topological polar surface area (TPSA) is 81.2 Å². The molecule has 1 aromatic rings. The first-order chi connectivity index (χ1) is 8.92. The van der Waals surface area contributed by atoms with E-state index < -0.39 is 0 Å². The third kappa shape index (κ3) is 5.42. The van der Waals surface area contributed by atoms with Gasteiger partial charge in [-0.3, -0.25) is 4.79 Å². The Bertz CT molecular complexity index is 401. The number of nitrogens with two attached hydrogens (primary N) is 1. The zero-order valence-electron chi connectivity index (χ0n) is 12.3. The van der Waals surface area contributed by atoms with Gasteiger partial charge in [0, 0.05) is 6.42 Å². The first kappa shape index (κ1) is 15.7. The third-order valence-corrected chi connectivity index (χ3v) is 3.00. The molecule has 0 saturated carbocycles. The molecule has 0 bridgehead atoms. The molecule has 0 aromatic carbocycles. The highest BCUT2D eigenvalue weighted by atomic mass is 16.4. The van der Waals surface area contributed by atoms with E-state index in [0.717, 1.165) is 12.2 Å². The quantitative estimate of drug-likeness (QED) is 0.793. The van der Waals surface area contributed by atoms with Crippen molar-refractivity contribution in [1.29, 1.82) is 0 Å². The maximum atomic E-state index is 11.9. The lowest BCUT2D eigenvalue weighted by Gasteiger charge is -2.18. The number of aryl methyl sites for hydroxylation is 1. The summed E-state index contributed by atoms with van der Waals surface area (Å²) in [6.45, 7) is 8.51. The van der Waals surface area contributed by atoms with Crippen LogP contribution in [0.2, 0.25) is 0 Å². The number of carbonyl (C=O) groups is 1. The number of hydrogen-bond acceptors (Lipinski definition) is 4. The van der Waals surface area contributed by atoms with Crippen molar-refractivity contribution in [1.82, 2.24) is 10.3 Å². The van der Waals surface area contributed by atoms with Gasteiger partial charge in [0.25, 0.3) is 0 Å². The molecule has 19 heavy (non-hydrogen) atoms. The molecule has 0 aliphatic heterocycles. The normalized spacial score (nSPS) is 14.4. The lowest BCUT2D eigenvalue weighted by Crippen LogP contribution is -2.31. The van der Waals surface area contributed by atoms with Crippen LogP contribution in [-0.4, -0.2) is 17.4 Å². The van der Waals surface area contributed by atoms with Crippen molar-refractivity contribution in [3.8, 4) is 0 Å². The van der Waals surface area contributed by atoms with E-state index in [9.17, 15) is 4.79 Å². The highest BCUT2D eigenvalue weighted by molar-refractivity contribution is 5.76. The molecule has 1 rings (SSSR count). The van der Waals surface area contributed by atoms with Gasteiger partial charge in [0.2, 0.25) is 11.8 Å². The van der Waals surface area contributed by atoms with Crippen molar-refractivity contribution in [3.05, 3.63) is 17.8 Å². The van der Waals surface area contributed by atoms with Crippen LogP contribution < -0.4 is 11.1 Å². The molecule has 108 valence electrons. The number of amides is 1. The van der Waals surface area contributed by atoms with Gasteiger partial charge in [-0.15, -0.1) is 0 Å². The number of oxazole rings is 1. The molecule has 1 heterocycles.